The molecule has 0 aliphatic carbocycles. The molecule has 0 bridgehead atoms. The van der Waals surface area contributed by atoms with E-state index in [1.54, 1.807) is 6.08 Å². The number of rotatable bonds is 2. The van der Waals surface area contributed by atoms with Gasteiger partial charge in [-0.3, -0.25) is 0 Å². The molecule has 0 radical (unpaired) electrons. The second kappa shape index (κ2) is 9.37. The zero-order valence-electron chi connectivity index (χ0n) is 3.52. The first-order valence-corrected chi connectivity index (χ1v) is 2.28. The summed E-state index contributed by atoms with van der Waals surface area (Å²) in [6.07, 6.45) is 5.34. The Labute approximate surface area is 53.9 Å². The van der Waals surface area contributed by atoms with Crippen LogP contribution in [0.2, 0.25) is 0 Å². The first kappa shape index (κ1) is 10.1. The Hall–Kier alpha value is -0.0131. The molecular formula is C5H11ClSi. The van der Waals surface area contributed by atoms with Gasteiger partial charge in [0.15, 0.2) is 0 Å². The van der Waals surface area contributed by atoms with E-state index in [1.807, 2.05) is 12.2 Å². The van der Waals surface area contributed by atoms with E-state index < -0.39 is 0 Å². The van der Waals surface area contributed by atoms with Crippen LogP contribution in [0.3, 0.4) is 0 Å². The van der Waals surface area contributed by atoms with Gasteiger partial charge in [0.25, 0.3) is 0 Å². The third-order valence-corrected chi connectivity index (χ3v) is 0.539. The van der Waals surface area contributed by atoms with Crippen LogP contribution >= 0.6 is 11.6 Å². The molecule has 2 heteroatoms. The highest BCUT2D eigenvalue weighted by molar-refractivity contribution is 6.18. The summed E-state index contributed by atoms with van der Waals surface area (Å²) in [5.41, 5.74) is 0. The van der Waals surface area contributed by atoms with Crippen molar-refractivity contribution in [2.45, 2.75) is 0 Å². The van der Waals surface area contributed by atoms with Crippen molar-refractivity contribution in [1.29, 1.82) is 0 Å². The molecular weight excluding hydrogens is 124 g/mol. The Morgan fingerprint density at radius 1 is 1.57 bits per heavy atom. The molecule has 0 aliphatic rings. The number of hydrogen-bond donors (Lipinski definition) is 0. The Balaban J connectivity index is 0. The summed E-state index contributed by atoms with van der Waals surface area (Å²) < 4.78 is 0. The highest BCUT2D eigenvalue weighted by atomic mass is 35.5. The molecule has 0 heterocycles. The summed E-state index contributed by atoms with van der Waals surface area (Å²) in [6, 6.07) is 0. The summed E-state index contributed by atoms with van der Waals surface area (Å²) in [5, 5.41) is 0. The second-order valence-electron chi connectivity index (χ2n) is 0.818. The first-order chi connectivity index (χ1) is 2.91. The molecule has 0 atom stereocenters. The normalized spacial score (nSPS) is 8.14. The third-order valence-electron chi connectivity index (χ3n) is 0.361. The summed E-state index contributed by atoms with van der Waals surface area (Å²) in [6.45, 7) is 3.45. The third kappa shape index (κ3) is 10.7. The van der Waals surface area contributed by atoms with Crippen LogP contribution in [-0.4, -0.2) is 16.8 Å². The van der Waals surface area contributed by atoms with Crippen molar-refractivity contribution in [1.82, 2.24) is 0 Å². The van der Waals surface area contributed by atoms with E-state index in [0.29, 0.717) is 5.88 Å². The largest absolute Gasteiger partial charge is 0.122 e. The molecule has 0 fully saturated rings. The van der Waals surface area contributed by atoms with Gasteiger partial charge < -0.3 is 0 Å². The van der Waals surface area contributed by atoms with Gasteiger partial charge in [0.05, 0.1) is 0 Å². The van der Waals surface area contributed by atoms with Crippen molar-refractivity contribution in [3.05, 3.63) is 24.8 Å². The van der Waals surface area contributed by atoms with Crippen molar-refractivity contribution >= 4 is 22.6 Å². The molecule has 0 amide bonds. The topological polar surface area (TPSA) is 0 Å². The monoisotopic (exact) mass is 134 g/mol. The average molecular weight is 135 g/mol. The van der Waals surface area contributed by atoms with E-state index in [0.717, 1.165) is 0 Å². The average Bonchev–Trinajstić information content (AvgIpc) is 1.61. The summed E-state index contributed by atoms with van der Waals surface area (Å²) in [5.74, 6) is 0.575. The maximum absolute atomic E-state index is 5.25. The molecule has 0 N–H and O–H groups in total. The zero-order chi connectivity index (χ0) is 4.83. The molecule has 0 saturated carbocycles. The summed E-state index contributed by atoms with van der Waals surface area (Å²) >= 11 is 5.25. The minimum Gasteiger partial charge on any atom is -0.122 e. The standard InChI is InChI=1S/C5H7Cl.H4Si/c1-2-3-4-5-6;/h2-4H,1,5H2;1H4. The predicted octanol–water partition coefficient (Wildman–Crippen LogP) is 0.516. The van der Waals surface area contributed by atoms with E-state index in [-0.39, 0.29) is 11.0 Å². The minimum absolute atomic E-state index is 0. The van der Waals surface area contributed by atoms with Crippen LogP contribution < -0.4 is 0 Å². The van der Waals surface area contributed by atoms with Crippen LogP contribution in [0, 0.1) is 0 Å². The van der Waals surface area contributed by atoms with Crippen LogP contribution in [0.1, 0.15) is 0 Å². The molecule has 0 nitrogen and oxygen atoms in total. The lowest BCUT2D eigenvalue weighted by molar-refractivity contribution is 1.75. The molecule has 0 spiro atoms. The highest BCUT2D eigenvalue weighted by Crippen LogP contribution is 1.75. The molecule has 0 aromatic carbocycles. The van der Waals surface area contributed by atoms with E-state index >= 15 is 0 Å². The molecule has 0 unspecified atom stereocenters. The van der Waals surface area contributed by atoms with Crippen LogP contribution in [0.4, 0.5) is 0 Å². The Kier molecular flexibility index (Phi) is 13.5. The van der Waals surface area contributed by atoms with Crippen LogP contribution in [0.25, 0.3) is 0 Å². The summed E-state index contributed by atoms with van der Waals surface area (Å²) in [4.78, 5) is 0. The van der Waals surface area contributed by atoms with Crippen LogP contribution in [0.15, 0.2) is 24.8 Å². The molecule has 0 aromatic rings. The lowest BCUT2D eigenvalue weighted by atomic mass is 10.5. The van der Waals surface area contributed by atoms with Crippen molar-refractivity contribution in [3.63, 3.8) is 0 Å². The maximum atomic E-state index is 5.25. The fraction of sp³-hybridized carbons (Fsp3) is 0.200. The highest BCUT2D eigenvalue weighted by Gasteiger charge is 1.57. The van der Waals surface area contributed by atoms with Gasteiger partial charge in [0.1, 0.15) is 0 Å². The Morgan fingerprint density at radius 2 is 2.14 bits per heavy atom. The van der Waals surface area contributed by atoms with E-state index in [2.05, 4.69) is 6.58 Å². The van der Waals surface area contributed by atoms with Gasteiger partial charge >= 0.3 is 0 Å². The van der Waals surface area contributed by atoms with Gasteiger partial charge in [-0.2, -0.15) is 0 Å². The Morgan fingerprint density at radius 3 is 2.29 bits per heavy atom. The van der Waals surface area contributed by atoms with Gasteiger partial charge in [-0.05, 0) is 11.0 Å². The van der Waals surface area contributed by atoms with Gasteiger partial charge in [-0.1, -0.05) is 24.8 Å². The SMILES string of the molecule is C=CC=CCCl.[SiH4]. The number of halogens is 1. The maximum Gasteiger partial charge on any atom is 0.0407 e. The van der Waals surface area contributed by atoms with Gasteiger partial charge in [-0.25, -0.2) is 0 Å². The fourth-order valence-corrected chi connectivity index (χ4v) is 0.251. The quantitative estimate of drug-likeness (QED) is 0.294. The van der Waals surface area contributed by atoms with Crippen molar-refractivity contribution in [3.8, 4) is 0 Å². The van der Waals surface area contributed by atoms with Crippen molar-refractivity contribution in [2.75, 3.05) is 5.88 Å². The lowest BCUT2D eigenvalue weighted by Crippen LogP contribution is -1.52. The molecule has 0 saturated heterocycles. The van der Waals surface area contributed by atoms with Gasteiger partial charge in [-0.15, -0.1) is 11.6 Å². The molecule has 0 aromatic heterocycles. The number of alkyl halides is 1. The smallest absolute Gasteiger partial charge is 0.0407 e. The Bertz CT molecular complexity index is 59.1. The molecule has 42 valence electrons. The van der Waals surface area contributed by atoms with Crippen molar-refractivity contribution in [2.24, 2.45) is 0 Å². The number of hydrogen-bond acceptors (Lipinski definition) is 0. The van der Waals surface area contributed by atoms with Crippen LogP contribution in [0.5, 0.6) is 0 Å². The second-order valence-corrected chi connectivity index (χ2v) is 1.13. The first-order valence-electron chi connectivity index (χ1n) is 1.75. The predicted molar refractivity (Wildman–Crippen MR) is 41.4 cm³/mol. The fourth-order valence-electron chi connectivity index (χ4n) is 0.148. The minimum atomic E-state index is 0. The van der Waals surface area contributed by atoms with Gasteiger partial charge in [0.2, 0.25) is 0 Å². The molecule has 0 aliphatic heterocycles. The van der Waals surface area contributed by atoms with Crippen molar-refractivity contribution < 1.29 is 0 Å². The lowest BCUT2D eigenvalue weighted by Gasteiger charge is -1.65. The van der Waals surface area contributed by atoms with Crippen LogP contribution in [-0.2, 0) is 0 Å². The molecule has 0 rings (SSSR count). The number of allylic oxidation sites excluding steroid dienone is 3. The van der Waals surface area contributed by atoms with Gasteiger partial charge in [0, 0.05) is 5.88 Å². The van der Waals surface area contributed by atoms with E-state index in [1.165, 1.54) is 0 Å². The molecule has 7 heavy (non-hydrogen) atoms. The zero-order valence-corrected chi connectivity index (χ0v) is 4.28. The summed E-state index contributed by atoms with van der Waals surface area (Å²) in [7, 11) is 0. The van der Waals surface area contributed by atoms with E-state index in [9.17, 15) is 0 Å². The van der Waals surface area contributed by atoms with E-state index in [4.69, 9.17) is 11.6 Å².